The number of hydrogen-bond acceptors (Lipinski definition) is 0. The third-order valence-corrected chi connectivity index (χ3v) is 2.77. The molecule has 0 fully saturated rings. The molecule has 0 aliphatic carbocycles. The number of aromatic nitrogens is 2. The highest BCUT2D eigenvalue weighted by Crippen LogP contribution is 2.09. The predicted octanol–water partition coefficient (Wildman–Crippen LogP) is 2.84. The molecule has 2 heteroatoms. The van der Waals surface area contributed by atoms with Crippen LogP contribution >= 0.6 is 0 Å². The molecular formula is C12H23N2+. The maximum Gasteiger partial charge on any atom is 0.243 e. The molecule has 0 saturated heterocycles. The first-order chi connectivity index (χ1) is 6.74. The van der Waals surface area contributed by atoms with Gasteiger partial charge >= 0.3 is 0 Å². The van der Waals surface area contributed by atoms with E-state index in [-0.39, 0.29) is 0 Å². The third-order valence-electron chi connectivity index (χ3n) is 2.77. The van der Waals surface area contributed by atoms with E-state index >= 15 is 0 Å². The fraction of sp³-hybridized carbons (Fsp3) is 0.750. The van der Waals surface area contributed by atoms with Gasteiger partial charge in [-0.2, -0.15) is 0 Å². The highest BCUT2D eigenvalue weighted by Gasteiger charge is 2.09. The summed E-state index contributed by atoms with van der Waals surface area (Å²) in [6.45, 7) is 4.56. The van der Waals surface area contributed by atoms with Crippen molar-refractivity contribution in [1.29, 1.82) is 0 Å². The van der Waals surface area contributed by atoms with Crippen molar-refractivity contribution in [2.45, 2.75) is 52.0 Å². The van der Waals surface area contributed by atoms with E-state index in [1.165, 1.54) is 32.1 Å². The fourth-order valence-corrected chi connectivity index (χ4v) is 1.75. The van der Waals surface area contributed by atoms with E-state index in [1.807, 2.05) is 0 Å². The van der Waals surface area contributed by atoms with Crippen LogP contribution in [-0.2, 0) is 7.05 Å². The van der Waals surface area contributed by atoms with E-state index in [1.54, 1.807) is 0 Å². The Kier molecular flexibility index (Phi) is 4.71. The minimum absolute atomic E-state index is 0.646. The minimum Gasteiger partial charge on any atom is -0.240 e. The third kappa shape index (κ3) is 3.52. The van der Waals surface area contributed by atoms with E-state index in [4.69, 9.17) is 0 Å². The maximum absolute atomic E-state index is 2.30. The maximum atomic E-state index is 2.30. The van der Waals surface area contributed by atoms with Gasteiger partial charge in [0, 0.05) is 0 Å². The van der Waals surface area contributed by atoms with Crippen molar-refractivity contribution in [3.63, 3.8) is 0 Å². The molecule has 1 unspecified atom stereocenters. The van der Waals surface area contributed by atoms with Gasteiger partial charge in [0.25, 0.3) is 0 Å². The summed E-state index contributed by atoms with van der Waals surface area (Å²) in [5, 5.41) is 0. The lowest BCUT2D eigenvalue weighted by Gasteiger charge is -2.06. The molecule has 0 bridgehead atoms. The van der Waals surface area contributed by atoms with Crippen molar-refractivity contribution in [1.82, 2.24) is 4.57 Å². The molecule has 1 rings (SSSR count). The molecule has 0 amide bonds. The number of imidazole rings is 1. The molecule has 0 aliphatic heterocycles. The fourth-order valence-electron chi connectivity index (χ4n) is 1.75. The molecule has 0 saturated carbocycles. The topological polar surface area (TPSA) is 8.81 Å². The van der Waals surface area contributed by atoms with E-state index < -0.39 is 0 Å². The number of nitrogens with zero attached hydrogens (tertiary/aromatic N) is 2. The van der Waals surface area contributed by atoms with Gasteiger partial charge in [0.15, 0.2) is 0 Å². The average molecular weight is 195 g/mol. The van der Waals surface area contributed by atoms with Gasteiger partial charge < -0.3 is 0 Å². The van der Waals surface area contributed by atoms with Crippen molar-refractivity contribution < 1.29 is 4.57 Å². The molecule has 0 aromatic carbocycles. The van der Waals surface area contributed by atoms with E-state index in [9.17, 15) is 0 Å². The van der Waals surface area contributed by atoms with Crippen LogP contribution in [0.2, 0.25) is 0 Å². The first-order valence-corrected chi connectivity index (χ1v) is 5.76. The number of rotatable bonds is 6. The minimum atomic E-state index is 0.646. The van der Waals surface area contributed by atoms with E-state index in [2.05, 4.69) is 48.8 Å². The first-order valence-electron chi connectivity index (χ1n) is 5.76. The van der Waals surface area contributed by atoms with Crippen LogP contribution in [0.3, 0.4) is 0 Å². The van der Waals surface area contributed by atoms with E-state index in [0.29, 0.717) is 6.04 Å². The predicted molar refractivity (Wildman–Crippen MR) is 59.1 cm³/mol. The largest absolute Gasteiger partial charge is 0.243 e. The number of unbranched alkanes of at least 4 members (excludes halogenated alkanes) is 3. The molecule has 14 heavy (non-hydrogen) atoms. The molecule has 0 N–H and O–H groups in total. The number of hydrogen-bond donors (Lipinski definition) is 0. The molecule has 2 nitrogen and oxygen atoms in total. The zero-order chi connectivity index (χ0) is 10.4. The molecule has 1 aromatic heterocycles. The Labute approximate surface area is 87.6 Å². The van der Waals surface area contributed by atoms with Crippen LogP contribution in [0, 0.1) is 0 Å². The summed E-state index contributed by atoms with van der Waals surface area (Å²) in [6.07, 6.45) is 13.2. The Balaban J connectivity index is 2.25. The quantitative estimate of drug-likeness (QED) is 0.487. The second-order valence-corrected chi connectivity index (χ2v) is 4.22. The van der Waals surface area contributed by atoms with Crippen LogP contribution in [-0.4, -0.2) is 4.57 Å². The Morgan fingerprint density at radius 2 is 2.07 bits per heavy atom. The van der Waals surface area contributed by atoms with Gasteiger partial charge in [0.05, 0.1) is 13.1 Å². The zero-order valence-corrected chi connectivity index (χ0v) is 9.74. The lowest BCUT2D eigenvalue weighted by molar-refractivity contribution is -0.719. The number of aryl methyl sites for hydroxylation is 1. The average Bonchev–Trinajstić information content (AvgIpc) is 2.59. The highest BCUT2D eigenvalue weighted by molar-refractivity contribution is 4.63. The van der Waals surface area contributed by atoms with Gasteiger partial charge in [-0.3, -0.25) is 0 Å². The second kappa shape index (κ2) is 5.84. The van der Waals surface area contributed by atoms with Gasteiger partial charge in [-0.15, -0.1) is 0 Å². The molecule has 0 spiro atoms. The van der Waals surface area contributed by atoms with Crippen LogP contribution in [0.1, 0.15) is 52.0 Å². The Hall–Kier alpha value is -0.790. The van der Waals surface area contributed by atoms with Crippen molar-refractivity contribution in [2.75, 3.05) is 0 Å². The van der Waals surface area contributed by atoms with Gasteiger partial charge in [0.2, 0.25) is 6.33 Å². The zero-order valence-electron chi connectivity index (χ0n) is 9.74. The van der Waals surface area contributed by atoms with Crippen molar-refractivity contribution >= 4 is 0 Å². The van der Waals surface area contributed by atoms with Gasteiger partial charge in [0.1, 0.15) is 12.4 Å². The van der Waals surface area contributed by atoms with Gasteiger partial charge in [-0.1, -0.05) is 26.2 Å². The molecule has 0 radical (unpaired) electrons. The summed E-state index contributed by atoms with van der Waals surface area (Å²) >= 11 is 0. The monoisotopic (exact) mass is 195 g/mol. The summed E-state index contributed by atoms with van der Waals surface area (Å²) in [7, 11) is 2.07. The standard InChI is InChI=1S/C12H23N2/c1-4-5-6-7-8-12(2)14-10-9-13(3)11-14/h9-12H,4-8H2,1-3H3/q+1. The van der Waals surface area contributed by atoms with Crippen LogP contribution in [0.15, 0.2) is 18.7 Å². The highest BCUT2D eigenvalue weighted by atomic mass is 15.1. The molecule has 1 heterocycles. The van der Waals surface area contributed by atoms with Crippen molar-refractivity contribution in [2.24, 2.45) is 7.05 Å². The van der Waals surface area contributed by atoms with Gasteiger partial charge in [-0.25, -0.2) is 9.13 Å². The molecule has 80 valence electrons. The van der Waals surface area contributed by atoms with Crippen LogP contribution in [0.5, 0.6) is 0 Å². The summed E-state index contributed by atoms with van der Waals surface area (Å²) < 4.78 is 4.40. The van der Waals surface area contributed by atoms with Crippen LogP contribution in [0.4, 0.5) is 0 Å². The summed E-state index contributed by atoms with van der Waals surface area (Å²) in [5.41, 5.74) is 0. The lowest BCUT2D eigenvalue weighted by Crippen LogP contribution is -2.35. The van der Waals surface area contributed by atoms with Crippen LogP contribution in [0.25, 0.3) is 0 Å². The molecular weight excluding hydrogens is 172 g/mol. The Morgan fingerprint density at radius 3 is 2.64 bits per heavy atom. The SMILES string of the molecule is CCCCCCC(C)[n+]1ccn(C)c1. The summed E-state index contributed by atoms with van der Waals surface area (Å²) in [5.74, 6) is 0. The van der Waals surface area contributed by atoms with Crippen molar-refractivity contribution in [3.8, 4) is 0 Å². The first kappa shape index (κ1) is 11.3. The Bertz CT molecular complexity index is 253. The molecule has 1 atom stereocenters. The van der Waals surface area contributed by atoms with Crippen LogP contribution < -0.4 is 4.57 Å². The molecule has 1 aromatic rings. The van der Waals surface area contributed by atoms with Gasteiger partial charge in [-0.05, 0) is 19.8 Å². The second-order valence-electron chi connectivity index (χ2n) is 4.22. The normalized spacial score (nSPS) is 13.1. The summed E-state index contributed by atoms with van der Waals surface area (Å²) in [4.78, 5) is 0. The Morgan fingerprint density at radius 1 is 1.29 bits per heavy atom. The summed E-state index contributed by atoms with van der Waals surface area (Å²) in [6, 6.07) is 0.646. The smallest absolute Gasteiger partial charge is 0.240 e. The van der Waals surface area contributed by atoms with E-state index in [0.717, 1.165) is 0 Å². The molecule has 0 aliphatic rings. The van der Waals surface area contributed by atoms with Crippen molar-refractivity contribution in [3.05, 3.63) is 18.7 Å². The lowest BCUT2D eigenvalue weighted by atomic mass is 10.1.